The van der Waals surface area contributed by atoms with Crippen molar-refractivity contribution in [2.45, 2.75) is 38.6 Å². The summed E-state index contributed by atoms with van der Waals surface area (Å²) in [6.45, 7) is 7.16. The summed E-state index contributed by atoms with van der Waals surface area (Å²) in [4.78, 5) is 0. The van der Waals surface area contributed by atoms with Crippen LogP contribution in [0.5, 0.6) is 0 Å². The zero-order valence-corrected chi connectivity index (χ0v) is 17.7. The Morgan fingerprint density at radius 2 is 1.57 bits per heavy atom. The van der Waals surface area contributed by atoms with Gasteiger partial charge in [-0.25, -0.2) is 0 Å². The summed E-state index contributed by atoms with van der Waals surface area (Å²) in [5.74, 6) is 0.327. The second-order valence-electron chi connectivity index (χ2n) is 9.55. The van der Waals surface area contributed by atoms with Gasteiger partial charge in [0.15, 0.2) is 17.4 Å². The van der Waals surface area contributed by atoms with Crippen molar-refractivity contribution in [3.8, 4) is 22.3 Å². The number of aromatic nitrogens is 1. The van der Waals surface area contributed by atoms with Crippen LogP contribution < -0.4 is 4.57 Å². The number of hydrogen-bond acceptors (Lipinski definition) is 0. The predicted octanol–water partition coefficient (Wildman–Crippen LogP) is 6.11. The molecule has 0 bridgehead atoms. The van der Waals surface area contributed by atoms with Crippen molar-refractivity contribution in [3.63, 3.8) is 0 Å². The third-order valence-electron chi connectivity index (χ3n) is 7.78. The van der Waals surface area contributed by atoms with Crippen molar-refractivity contribution in [2.24, 2.45) is 0 Å². The van der Waals surface area contributed by atoms with Gasteiger partial charge in [0, 0.05) is 31.5 Å². The average molecular weight is 387 g/mol. The number of pyridine rings is 1. The summed E-state index contributed by atoms with van der Waals surface area (Å²) in [6, 6.07) is 24.8. The summed E-state index contributed by atoms with van der Waals surface area (Å²) in [5.41, 5.74) is 16.3. The molecular formula is C29H24N+. The Morgan fingerprint density at radius 1 is 0.833 bits per heavy atom. The summed E-state index contributed by atoms with van der Waals surface area (Å²) in [6.07, 6.45) is 3.32. The van der Waals surface area contributed by atoms with E-state index in [4.69, 9.17) is 0 Å². The van der Waals surface area contributed by atoms with E-state index in [0.29, 0.717) is 5.92 Å². The van der Waals surface area contributed by atoms with Gasteiger partial charge in [0.25, 0.3) is 0 Å². The summed E-state index contributed by atoms with van der Waals surface area (Å²) in [5, 5.41) is 0. The van der Waals surface area contributed by atoms with E-state index in [0.717, 1.165) is 6.42 Å². The summed E-state index contributed by atoms with van der Waals surface area (Å²) >= 11 is 0. The molecule has 3 aromatic carbocycles. The highest BCUT2D eigenvalue weighted by Gasteiger charge is 2.51. The maximum Gasteiger partial charge on any atom is 0.194 e. The molecule has 3 aliphatic rings. The molecule has 0 saturated carbocycles. The van der Waals surface area contributed by atoms with E-state index in [1.807, 2.05) is 0 Å². The van der Waals surface area contributed by atoms with E-state index < -0.39 is 0 Å². The van der Waals surface area contributed by atoms with Crippen LogP contribution in [0.1, 0.15) is 58.8 Å². The first-order chi connectivity index (χ1) is 14.6. The lowest BCUT2D eigenvalue weighted by molar-refractivity contribution is -0.756. The van der Waals surface area contributed by atoms with Gasteiger partial charge in [-0.3, -0.25) is 0 Å². The normalized spacial score (nSPS) is 18.3. The first kappa shape index (κ1) is 16.6. The van der Waals surface area contributed by atoms with Gasteiger partial charge in [0.1, 0.15) is 0 Å². The minimum Gasteiger partial charge on any atom is -0.192 e. The fourth-order valence-corrected chi connectivity index (χ4v) is 6.76. The molecular weight excluding hydrogens is 362 g/mol. The molecule has 2 aliphatic carbocycles. The van der Waals surface area contributed by atoms with E-state index >= 15 is 0 Å². The van der Waals surface area contributed by atoms with Crippen LogP contribution in [0.25, 0.3) is 22.3 Å². The molecule has 144 valence electrons. The molecule has 2 heterocycles. The summed E-state index contributed by atoms with van der Waals surface area (Å²) in [7, 11) is 0. The second kappa shape index (κ2) is 5.29. The van der Waals surface area contributed by atoms with Gasteiger partial charge in [0.2, 0.25) is 0 Å². The van der Waals surface area contributed by atoms with E-state index in [-0.39, 0.29) is 5.54 Å². The number of benzene rings is 3. The van der Waals surface area contributed by atoms with Crippen molar-refractivity contribution >= 4 is 0 Å². The molecule has 30 heavy (non-hydrogen) atoms. The molecule has 1 nitrogen and oxygen atoms in total. The smallest absolute Gasteiger partial charge is 0.192 e. The lowest BCUT2D eigenvalue weighted by Gasteiger charge is -2.34. The van der Waals surface area contributed by atoms with Gasteiger partial charge in [0.05, 0.1) is 5.92 Å². The van der Waals surface area contributed by atoms with Crippen LogP contribution in [0.3, 0.4) is 0 Å². The van der Waals surface area contributed by atoms with Crippen molar-refractivity contribution in [1.29, 1.82) is 0 Å². The summed E-state index contributed by atoms with van der Waals surface area (Å²) < 4.78 is 2.52. The fourth-order valence-electron chi connectivity index (χ4n) is 6.76. The number of fused-ring (bicyclic) bond motifs is 9. The molecule has 0 spiro atoms. The third kappa shape index (κ3) is 1.74. The molecule has 0 fully saturated rings. The van der Waals surface area contributed by atoms with Crippen LogP contribution in [0, 0.1) is 6.92 Å². The predicted molar refractivity (Wildman–Crippen MR) is 121 cm³/mol. The molecule has 1 heteroatoms. The molecule has 0 N–H and O–H groups in total. The Kier molecular flexibility index (Phi) is 2.92. The van der Waals surface area contributed by atoms with Crippen molar-refractivity contribution < 1.29 is 4.57 Å². The van der Waals surface area contributed by atoms with E-state index in [2.05, 4.69) is 98.3 Å². The average Bonchev–Trinajstić information content (AvgIpc) is 3.29. The van der Waals surface area contributed by atoms with Crippen LogP contribution in [0.2, 0.25) is 0 Å². The topological polar surface area (TPSA) is 3.88 Å². The highest BCUT2D eigenvalue weighted by Crippen LogP contribution is 2.58. The van der Waals surface area contributed by atoms with E-state index in [1.54, 1.807) is 11.1 Å². The minimum atomic E-state index is -0.0874. The Hall–Kier alpha value is -3.19. The molecule has 7 rings (SSSR count). The van der Waals surface area contributed by atoms with Crippen LogP contribution in [-0.4, -0.2) is 0 Å². The molecule has 1 unspecified atom stereocenters. The standard InChI is InChI=1S/C29H24N/c1-17-24-19-11-5-4-10-18(19)16-22(24)25-20-12-6-7-13-21(20)26-23-14-8-9-15-30(23)29(2,3)28(17)27(25)26/h4-15,26H,16H2,1-3H3/q+1. The van der Waals surface area contributed by atoms with Crippen molar-refractivity contribution in [3.05, 3.63) is 112 Å². The molecule has 0 amide bonds. The lowest BCUT2D eigenvalue weighted by atomic mass is 9.73. The quantitative estimate of drug-likeness (QED) is 0.277. The maximum absolute atomic E-state index is 2.52. The van der Waals surface area contributed by atoms with Gasteiger partial charge in [-0.1, -0.05) is 54.6 Å². The SMILES string of the molecule is Cc1c2c(c3c4c1C(C)(C)[n+]1ccccc1C4c1ccccc1-3)Cc1ccccc1-2. The third-order valence-corrected chi connectivity index (χ3v) is 7.78. The van der Waals surface area contributed by atoms with E-state index in [9.17, 15) is 0 Å². The van der Waals surface area contributed by atoms with Gasteiger partial charge < -0.3 is 0 Å². The maximum atomic E-state index is 2.52. The zero-order chi connectivity index (χ0) is 20.2. The van der Waals surface area contributed by atoms with E-state index in [1.165, 1.54) is 50.2 Å². The minimum absolute atomic E-state index is 0.0874. The Labute approximate surface area is 177 Å². The zero-order valence-electron chi connectivity index (χ0n) is 17.7. The van der Waals surface area contributed by atoms with Crippen LogP contribution >= 0.6 is 0 Å². The van der Waals surface area contributed by atoms with Gasteiger partial charge in [-0.15, -0.1) is 0 Å². The first-order valence-corrected chi connectivity index (χ1v) is 11.0. The monoisotopic (exact) mass is 386 g/mol. The Morgan fingerprint density at radius 3 is 2.43 bits per heavy atom. The van der Waals surface area contributed by atoms with Gasteiger partial charge in [-0.05, 0) is 63.4 Å². The second-order valence-corrected chi connectivity index (χ2v) is 9.55. The molecule has 4 aromatic rings. The van der Waals surface area contributed by atoms with Gasteiger partial charge in [-0.2, -0.15) is 4.57 Å². The first-order valence-electron chi connectivity index (χ1n) is 11.0. The van der Waals surface area contributed by atoms with Crippen molar-refractivity contribution in [1.82, 2.24) is 0 Å². The fraction of sp³-hybridized carbons (Fsp3) is 0.207. The van der Waals surface area contributed by atoms with Gasteiger partial charge >= 0.3 is 0 Å². The molecule has 0 saturated heterocycles. The molecule has 1 aromatic heterocycles. The van der Waals surface area contributed by atoms with Crippen molar-refractivity contribution in [2.75, 3.05) is 0 Å². The molecule has 1 aliphatic heterocycles. The number of nitrogens with zero attached hydrogens (tertiary/aromatic N) is 1. The largest absolute Gasteiger partial charge is 0.194 e. The molecule has 1 atom stereocenters. The van der Waals surface area contributed by atoms with Crippen LogP contribution in [-0.2, 0) is 12.0 Å². The highest BCUT2D eigenvalue weighted by atomic mass is 15.1. The Balaban J connectivity index is 1.71. The van der Waals surface area contributed by atoms with Crippen LogP contribution in [0.15, 0.2) is 72.9 Å². The Bertz CT molecular complexity index is 1410. The van der Waals surface area contributed by atoms with Crippen LogP contribution in [0.4, 0.5) is 0 Å². The highest BCUT2D eigenvalue weighted by molar-refractivity contribution is 5.94. The number of rotatable bonds is 0. The molecule has 0 radical (unpaired) electrons. The number of hydrogen-bond donors (Lipinski definition) is 0. The lowest BCUT2D eigenvalue weighted by Crippen LogP contribution is -2.59.